The van der Waals surface area contributed by atoms with E-state index in [4.69, 9.17) is 4.74 Å². The van der Waals surface area contributed by atoms with Gasteiger partial charge in [-0.2, -0.15) is 5.10 Å². The van der Waals surface area contributed by atoms with E-state index in [0.29, 0.717) is 16.0 Å². The molecule has 0 radical (unpaired) electrons. The van der Waals surface area contributed by atoms with Crippen molar-refractivity contribution >= 4 is 31.8 Å². The minimum absolute atomic E-state index is 0.133. The van der Waals surface area contributed by atoms with Gasteiger partial charge in [-0.3, -0.25) is 9.82 Å². The van der Waals surface area contributed by atoms with Gasteiger partial charge in [0.15, 0.2) is 0 Å². The molecule has 1 aromatic carbocycles. The first-order valence-corrected chi connectivity index (χ1v) is 7.58. The number of sulfonamides is 1. The monoisotopic (exact) mass is 345 g/mol. The van der Waals surface area contributed by atoms with Crippen LogP contribution in [0.4, 0.5) is 5.82 Å². The third kappa shape index (κ3) is 2.90. The molecule has 1 aromatic heterocycles. The van der Waals surface area contributed by atoms with E-state index in [1.807, 2.05) is 0 Å². The summed E-state index contributed by atoms with van der Waals surface area (Å²) in [5, 5.41) is 6.36. The number of H-pyrrole nitrogens is 1. The topological polar surface area (TPSA) is 84.1 Å². The number of nitrogens with one attached hydrogen (secondary N) is 2. The number of halogens is 1. The third-order valence-electron chi connectivity index (χ3n) is 2.50. The van der Waals surface area contributed by atoms with E-state index in [2.05, 4.69) is 30.8 Å². The van der Waals surface area contributed by atoms with Crippen molar-refractivity contribution in [1.82, 2.24) is 10.2 Å². The summed E-state index contributed by atoms with van der Waals surface area (Å²) in [5.41, 5.74) is 0.719. The molecule has 0 unspecified atom stereocenters. The molecule has 0 spiro atoms. The Labute approximate surface area is 119 Å². The van der Waals surface area contributed by atoms with Gasteiger partial charge in [-0.1, -0.05) is 0 Å². The molecule has 0 saturated carbocycles. The summed E-state index contributed by atoms with van der Waals surface area (Å²) in [6, 6.07) is 4.53. The second-order valence-corrected chi connectivity index (χ2v) is 6.37. The van der Waals surface area contributed by atoms with E-state index in [9.17, 15) is 8.42 Å². The van der Waals surface area contributed by atoms with Crippen molar-refractivity contribution in [3.8, 4) is 5.75 Å². The van der Waals surface area contributed by atoms with Crippen molar-refractivity contribution in [1.29, 1.82) is 0 Å². The number of methoxy groups -OCH3 is 1. The van der Waals surface area contributed by atoms with Gasteiger partial charge in [-0.05, 0) is 41.1 Å². The van der Waals surface area contributed by atoms with Crippen molar-refractivity contribution in [2.24, 2.45) is 0 Å². The Morgan fingerprint density at radius 2 is 2.16 bits per heavy atom. The minimum atomic E-state index is -3.66. The maximum Gasteiger partial charge on any atom is 0.263 e. The molecular formula is C11H12BrN3O3S. The molecule has 2 aromatic rings. The Morgan fingerprint density at radius 1 is 1.42 bits per heavy atom. The Bertz CT molecular complexity index is 697. The second kappa shape index (κ2) is 5.22. The summed E-state index contributed by atoms with van der Waals surface area (Å²) in [6.07, 6.45) is 1.54. The van der Waals surface area contributed by atoms with E-state index in [1.165, 1.54) is 19.2 Å². The summed E-state index contributed by atoms with van der Waals surface area (Å²) in [7, 11) is -2.15. The molecule has 0 atom stereocenters. The minimum Gasteiger partial charge on any atom is -0.496 e. The second-order valence-electron chi connectivity index (χ2n) is 3.83. The van der Waals surface area contributed by atoms with Crippen LogP contribution in [-0.4, -0.2) is 25.7 Å². The van der Waals surface area contributed by atoms with Crippen molar-refractivity contribution in [2.45, 2.75) is 11.8 Å². The van der Waals surface area contributed by atoms with Crippen molar-refractivity contribution < 1.29 is 13.2 Å². The van der Waals surface area contributed by atoms with Gasteiger partial charge in [0.1, 0.15) is 11.6 Å². The molecule has 2 N–H and O–H groups in total. The van der Waals surface area contributed by atoms with Crippen LogP contribution in [0.5, 0.6) is 5.75 Å². The van der Waals surface area contributed by atoms with Gasteiger partial charge in [0.05, 0.1) is 22.7 Å². The number of ether oxygens (including phenoxy) is 1. The van der Waals surface area contributed by atoms with Gasteiger partial charge in [0, 0.05) is 5.56 Å². The fraction of sp³-hybridized carbons (Fsp3) is 0.182. The number of aromatic amines is 1. The highest BCUT2D eigenvalue weighted by atomic mass is 79.9. The predicted molar refractivity (Wildman–Crippen MR) is 74.8 cm³/mol. The highest BCUT2D eigenvalue weighted by Crippen LogP contribution is 2.28. The van der Waals surface area contributed by atoms with Crippen LogP contribution in [0, 0.1) is 6.92 Å². The number of anilines is 1. The van der Waals surface area contributed by atoms with Crippen LogP contribution in [0.15, 0.2) is 33.8 Å². The van der Waals surface area contributed by atoms with Crippen LogP contribution in [0.2, 0.25) is 0 Å². The highest BCUT2D eigenvalue weighted by molar-refractivity contribution is 9.10. The Hall–Kier alpha value is -1.54. The zero-order valence-electron chi connectivity index (χ0n) is 10.3. The number of aromatic nitrogens is 2. The van der Waals surface area contributed by atoms with Crippen LogP contribution in [0.1, 0.15) is 5.56 Å². The third-order valence-corrected chi connectivity index (χ3v) is 4.47. The average molecular weight is 346 g/mol. The fourth-order valence-electron chi connectivity index (χ4n) is 1.46. The lowest BCUT2D eigenvalue weighted by Crippen LogP contribution is -2.14. The highest BCUT2D eigenvalue weighted by Gasteiger charge is 2.17. The number of hydrogen-bond acceptors (Lipinski definition) is 4. The molecule has 2 rings (SSSR count). The number of rotatable bonds is 4. The average Bonchev–Trinajstić information content (AvgIpc) is 2.74. The fourth-order valence-corrected chi connectivity index (χ4v) is 3.26. The lowest BCUT2D eigenvalue weighted by atomic mass is 10.3. The first-order valence-electron chi connectivity index (χ1n) is 5.30. The Balaban J connectivity index is 2.35. The zero-order valence-corrected chi connectivity index (χ0v) is 12.7. The molecular weight excluding hydrogens is 334 g/mol. The SMILES string of the molecule is COc1ccc(S(=O)(=O)Nc2[nH]ncc2C)cc1Br. The van der Waals surface area contributed by atoms with E-state index in [1.54, 1.807) is 19.2 Å². The largest absolute Gasteiger partial charge is 0.496 e. The van der Waals surface area contributed by atoms with Gasteiger partial charge in [-0.15, -0.1) is 0 Å². The molecule has 8 heteroatoms. The molecule has 19 heavy (non-hydrogen) atoms. The maximum absolute atomic E-state index is 12.2. The maximum atomic E-state index is 12.2. The summed E-state index contributed by atoms with van der Waals surface area (Å²) in [5.74, 6) is 0.920. The molecule has 6 nitrogen and oxygen atoms in total. The summed E-state index contributed by atoms with van der Waals surface area (Å²) >= 11 is 3.25. The molecule has 0 saturated heterocycles. The molecule has 0 aliphatic carbocycles. The molecule has 102 valence electrons. The van der Waals surface area contributed by atoms with Crippen LogP contribution in [0.25, 0.3) is 0 Å². The standard InChI is InChI=1S/C11H12BrN3O3S/c1-7-6-13-14-11(7)15-19(16,17)8-3-4-10(18-2)9(12)5-8/h3-6H,1-2H3,(H2,13,14,15). The summed E-state index contributed by atoms with van der Waals surface area (Å²) in [6.45, 7) is 1.76. The van der Waals surface area contributed by atoms with Crippen LogP contribution in [-0.2, 0) is 10.0 Å². The first kappa shape index (κ1) is 13.9. The predicted octanol–water partition coefficient (Wildman–Crippen LogP) is 2.29. The van der Waals surface area contributed by atoms with Gasteiger partial charge < -0.3 is 4.74 Å². The van der Waals surface area contributed by atoms with Gasteiger partial charge >= 0.3 is 0 Å². The molecule has 0 bridgehead atoms. The normalized spacial score (nSPS) is 11.3. The smallest absolute Gasteiger partial charge is 0.263 e. The molecule has 1 heterocycles. The van der Waals surface area contributed by atoms with Gasteiger partial charge in [0.25, 0.3) is 10.0 Å². The summed E-state index contributed by atoms with van der Waals surface area (Å²) < 4.78 is 32.4. The molecule has 0 aliphatic heterocycles. The Kier molecular flexibility index (Phi) is 3.81. The van der Waals surface area contributed by atoms with E-state index in [-0.39, 0.29) is 4.90 Å². The first-order chi connectivity index (χ1) is 8.94. The van der Waals surface area contributed by atoms with Crippen molar-refractivity contribution in [3.63, 3.8) is 0 Å². The number of nitrogens with zero attached hydrogens (tertiary/aromatic N) is 1. The van der Waals surface area contributed by atoms with Gasteiger partial charge in [-0.25, -0.2) is 8.42 Å². The number of hydrogen-bond donors (Lipinski definition) is 2. The van der Waals surface area contributed by atoms with E-state index >= 15 is 0 Å². The van der Waals surface area contributed by atoms with E-state index < -0.39 is 10.0 Å². The lowest BCUT2D eigenvalue weighted by molar-refractivity contribution is 0.411. The van der Waals surface area contributed by atoms with Crippen molar-refractivity contribution in [2.75, 3.05) is 11.8 Å². The number of aryl methyl sites for hydroxylation is 1. The molecule has 0 fully saturated rings. The lowest BCUT2D eigenvalue weighted by Gasteiger charge is -2.09. The van der Waals surface area contributed by atoms with E-state index in [0.717, 1.165) is 5.56 Å². The summed E-state index contributed by atoms with van der Waals surface area (Å²) in [4.78, 5) is 0.133. The number of benzene rings is 1. The van der Waals surface area contributed by atoms with Crippen molar-refractivity contribution in [3.05, 3.63) is 34.4 Å². The molecule has 0 aliphatic rings. The van der Waals surface area contributed by atoms with Crippen LogP contribution < -0.4 is 9.46 Å². The van der Waals surface area contributed by atoms with Crippen LogP contribution in [0.3, 0.4) is 0 Å². The zero-order chi connectivity index (χ0) is 14.0. The quantitative estimate of drug-likeness (QED) is 0.890. The Morgan fingerprint density at radius 3 is 2.68 bits per heavy atom. The van der Waals surface area contributed by atoms with Gasteiger partial charge in [0.2, 0.25) is 0 Å². The van der Waals surface area contributed by atoms with Crippen LogP contribution >= 0.6 is 15.9 Å². The molecule has 0 amide bonds.